The summed E-state index contributed by atoms with van der Waals surface area (Å²) in [4.78, 5) is 0.0122. The lowest BCUT2D eigenvalue weighted by atomic mass is 10.3. The Bertz CT molecular complexity index is 700. The smallest absolute Gasteiger partial charge is 0.286 e. The van der Waals surface area contributed by atoms with Crippen molar-refractivity contribution in [3.63, 3.8) is 0 Å². The van der Waals surface area contributed by atoms with Crippen LogP contribution in [0.3, 0.4) is 0 Å². The minimum Gasteiger partial charge on any atom is -0.595 e. The fourth-order valence-corrected chi connectivity index (χ4v) is 4.98. The summed E-state index contributed by atoms with van der Waals surface area (Å²) in [6.45, 7) is 0. The SMILES string of the molecule is O=S(=O)(N=Ic1ccccc1)c1ccc([NH+]([O-])O)cc1. The number of hydrogen-bond donors (Lipinski definition) is 2. The van der Waals surface area contributed by atoms with E-state index in [1.807, 2.05) is 30.3 Å². The molecule has 0 radical (unpaired) electrons. The minimum atomic E-state index is -3.72. The molecule has 0 aliphatic carbocycles. The Labute approximate surface area is 126 Å². The van der Waals surface area contributed by atoms with Gasteiger partial charge in [-0.3, -0.25) is 0 Å². The maximum atomic E-state index is 12.0. The molecule has 0 fully saturated rings. The Morgan fingerprint density at radius 3 is 2.20 bits per heavy atom. The molecular formula is C12H11IN2O4S. The number of hydrogen-bond acceptors (Lipinski definition) is 4. The Hall–Kier alpha value is -1.20. The third-order valence-corrected chi connectivity index (χ3v) is 6.90. The van der Waals surface area contributed by atoms with Crippen molar-refractivity contribution >= 4 is 36.7 Å². The van der Waals surface area contributed by atoms with Gasteiger partial charge < -0.3 is 5.21 Å². The third kappa shape index (κ3) is 3.90. The predicted octanol–water partition coefficient (Wildman–Crippen LogP) is 1.80. The van der Waals surface area contributed by atoms with Gasteiger partial charge >= 0.3 is 0 Å². The van der Waals surface area contributed by atoms with Gasteiger partial charge in [0.05, 0.1) is 4.90 Å². The molecule has 6 nitrogen and oxygen atoms in total. The minimum absolute atomic E-state index is 0.0122. The quantitative estimate of drug-likeness (QED) is 0.598. The van der Waals surface area contributed by atoms with Crippen molar-refractivity contribution in [2.45, 2.75) is 4.90 Å². The highest BCUT2D eigenvalue weighted by molar-refractivity contribution is 14.2. The van der Waals surface area contributed by atoms with Gasteiger partial charge in [0.25, 0.3) is 10.0 Å². The van der Waals surface area contributed by atoms with Crippen molar-refractivity contribution < 1.29 is 18.9 Å². The van der Waals surface area contributed by atoms with E-state index >= 15 is 0 Å². The van der Waals surface area contributed by atoms with Crippen LogP contribution >= 0.6 is 21.0 Å². The molecule has 0 spiro atoms. The Morgan fingerprint density at radius 1 is 1.05 bits per heavy atom. The highest BCUT2D eigenvalue weighted by Gasteiger charge is 2.13. The van der Waals surface area contributed by atoms with Gasteiger partial charge in [0.15, 0.2) is 5.69 Å². The van der Waals surface area contributed by atoms with Gasteiger partial charge in [-0.1, -0.05) is 18.2 Å². The van der Waals surface area contributed by atoms with Gasteiger partial charge in [0.2, 0.25) is 0 Å². The normalized spacial score (nSPS) is 13.9. The van der Waals surface area contributed by atoms with Crippen LogP contribution in [-0.2, 0) is 10.0 Å². The largest absolute Gasteiger partial charge is 0.595 e. The molecule has 2 aromatic carbocycles. The maximum Gasteiger partial charge on any atom is 0.286 e. The standard InChI is InChI=1S/C12H11IN2O4S/c16-15(17)11-6-8-12(9-7-11)20(18,19)14-13-10-4-2-1-3-5-10/h1-9,15-16H. The van der Waals surface area contributed by atoms with E-state index in [1.165, 1.54) is 24.3 Å². The molecule has 0 aliphatic rings. The highest BCUT2D eigenvalue weighted by atomic mass is 127. The van der Waals surface area contributed by atoms with Crippen LogP contribution in [0.2, 0.25) is 0 Å². The molecule has 0 heterocycles. The number of quaternary nitrogens is 1. The summed E-state index contributed by atoms with van der Waals surface area (Å²) in [5.74, 6) is 0. The van der Waals surface area contributed by atoms with Crippen molar-refractivity contribution in [2.24, 2.45) is 2.55 Å². The molecule has 2 rings (SSSR count). The molecule has 0 aromatic heterocycles. The summed E-state index contributed by atoms with van der Waals surface area (Å²) in [5, 5.41) is 18.4. The van der Waals surface area contributed by atoms with Gasteiger partial charge in [0.1, 0.15) is 0 Å². The summed E-state index contributed by atoms with van der Waals surface area (Å²) >= 11 is -0.989. The molecule has 0 amide bonds. The third-order valence-electron chi connectivity index (χ3n) is 2.36. The Morgan fingerprint density at radius 2 is 1.65 bits per heavy atom. The van der Waals surface area contributed by atoms with Gasteiger partial charge in [0, 0.05) is 36.7 Å². The lowest BCUT2D eigenvalue weighted by Crippen LogP contribution is -2.99. The lowest BCUT2D eigenvalue weighted by molar-refractivity contribution is -0.991. The Balaban J connectivity index is 2.24. The number of sulfonamides is 1. The molecule has 0 bridgehead atoms. The first-order chi connectivity index (χ1) is 9.49. The average Bonchev–Trinajstić information content (AvgIpc) is 2.46. The van der Waals surface area contributed by atoms with Gasteiger partial charge in [-0.15, -0.1) is 2.55 Å². The molecule has 1 atom stereocenters. The molecule has 0 aliphatic heterocycles. The van der Waals surface area contributed by atoms with Crippen LogP contribution in [0.25, 0.3) is 0 Å². The molecule has 0 saturated heterocycles. The van der Waals surface area contributed by atoms with E-state index in [4.69, 9.17) is 5.21 Å². The van der Waals surface area contributed by atoms with E-state index in [0.717, 1.165) is 3.57 Å². The monoisotopic (exact) mass is 406 g/mol. The van der Waals surface area contributed by atoms with Crippen LogP contribution in [-0.4, -0.2) is 13.6 Å². The summed E-state index contributed by atoms with van der Waals surface area (Å²) in [6, 6.07) is 14.2. The van der Waals surface area contributed by atoms with E-state index in [0.29, 0.717) is 0 Å². The zero-order valence-electron chi connectivity index (χ0n) is 10.1. The van der Waals surface area contributed by atoms with E-state index in [-0.39, 0.29) is 10.6 Å². The van der Waals surface area contributed by atoms with Crippen molar-refractivity contribution in [2.75, 3.05) is 0 Å². The van der Waals surface area contributed by atoms with Crippen LogP contribution in [0, 0.1) is 8.78 Å². The van der Waals surface area contributed by atoms with Crippen molar-refractivity contribution in [3.8, 4) is 0 Å². The number of rotatable bonds is 4. The highest BCUT2D eigenvalue weighted by Crippen LogP contribution is 2.21. The molecule has 8 heteroatoms. The molecule has 2 N–H and O–H groups in total. The van der Waals surface area contributed by atoms with Crippen LogP contribution in [0.4, 0.5) is 5.69 Å². The second-order valence-corrected chi connectivity index (χ2v) is 8.22. The van der Waals surface area contributed by atoms with E-state index < -0.39 is 36.3 Å². The van der Waals surface area contributed by atoms with Crippen LogP contribution in [0.1, 0.15) is 0 Å². The van der Waals surface area contributed by atoms with E-state index in [1.54, 1.807) is 0 Å². The number of benzene rings is 2. The number of nitrogens with zero attached hydrogens (tertiary/aromatic N) is 1. The average molecular weight is 406 g/mol. The molecule has 2 aromatic rings. The topological polar surface area (TPSA) is 94.2 Å². The first-order valence-corrected chi connectivity index (χ1v) is 8.97. The van der Waals surface area contributed by atoms with Crippen LogP contribution < -0.4 is 5.23 Å². The number of halogens is 1. The van der Waals surface area contributed by atoms with Crippen molar-refractivity contribution in [1.29, 1.82) is 0 Å². The van der Waals surface area contributed by atoms with Crippen molar-refractivity contribution in [1.82, 2.24) is 0 Å². The summed E-state index contributed by atoms with van der Waals surface area (Å²) in [5.41, 5.74) is 0.0432. The summed E-state index contributed by atoms with van der Waals surface area (Å²) in [7, 11) is -3.72. The fourth-order valence-electron chi connectivity index (χ4n) is 1.37. The predicted molar refractivity (Wildman–Crippen MR) is 81.0 cm³/mol. The Kier molecular flexibility index (Phi) is 4.94. The lowest BCUT2D eigenvalue weighted by Gasteiger charge is -2.10. The maximum absolute atomic E-state index is 12.0. The van der Waals surface area contributed by atoms with Crippen LogP contribution in [0.5, 0.6) is 0 Å². The first kappa shape index (κ1) is 15.2. The molecule has 106 valence electrons. The fraction of sp³-hybridized carbons (Fsp3) is 0. The summed E-state index contributed by atoms with van der Waals surface area (Å²) < 4.78 is 28.7. The van der Waals surface area contributed by atoms with Crippen molar-refractivity contribution in [3.05, 3.63) is 63.4 Å². The van der Waals surface area contributed by atoms with Gasteiger partial charge in [-0.25, -0.2) is 5.21 Å². The van der Waals surface area contributed by atoms with Crippen LogP contribution in [0.15, 0.2) is 62.0 Å². The second kappa shape index (κ2) is 6.50. The molecule has 20 heavy (non-hydrogen) atoms. The first-order valence-electron chi connectivity index (χ1n) is 5.49. The number of nitrogens with one attached hydrogen (secondary N) is 1. The summed E-state index contributed by atoms with van der Waals surface area (Å²) in [6.07, 6.45) is 0. The molecular weight excluding hydrogens is 395 g/mol. The zero-order valence-corrected chi connectivity index (χ0v) is 13.1. The van der Waals surface area contributed by atoms with Gasteiger partial charge in [-0.05, 0) is 24.3 Å². The van der Waals surface area contributed by atoms with E-state index in [2.05, 4.69) is 2.55 Å². The molecule has 1 unspecified atom stereocenters. The molecule has 0 saturated carbocycles. The zero-order chi connectivity index (χ0) is 14.6. The van der Waals surface area contributed by atoms with E-state index in [9.17, 15) is 13.6 Å². The second-order valence-electron chi connectivity index (χ2n) is 3.75. The van der Waals surface area contributed by atoms with Gasteiger partial charge in [-0.2, -0.15) is 13.6 Å².